The van der Waals surface area contributed by atoms with Gasteiger partial charge in [0.2, 0.25) is 5.88 Å². The molecule has 0 aliphatic carbocycles. The lowest BCUT2D eigenvalue weighted by Crippen LogP contribution is -2.21. The number of hydrogen-bond donors (Lipinski definition) is 1. The van der Waals surface area contributed by atoms with Gasteiger partial charge in [0, 0.05) is 9.77 Å². The molecule has 0 amide bonds. The van der Waals surface area contributed by atoms with Crippen molar-refractivity contribution in [1.29, 1.82) is 5.26 Å². The third-order valence-electron chi connectivity index (χ3n) is 4.14. The summed E-state index contributed by atoms with van der Waals surface area (Å²) in [5.41, 5.74) is 7.70. The summed E-state index contributed by atoms with van der Waals surface area (Å²) in [6.45, 7) is 3.87. The lowest BCUT2D eigenvalue weighted by Gasteiger charge is -2.24. The van der Waals surface area contributed by atoms with Crippen LogP contribution in [0.5, 0.6) is 5.75 Å². The van der Waals surface area contributed by atoms with Crippen molar-refractivity contribution < 1.29 is 14.3 Å². The van der Waals surface area contributed by atoms with Crippen LogP contribution in [0, 0.1) is 18.3 Å². The maximum atomic E-state index is 12.4. The van der Waals surface area contributed by atoms with Crippen molar-refractivity contribution in [2.24, 2.45) is 5.73 Å². The third kappa shape index (κ3) is 3.06. The van der Waals surface area contributed by atoms with Crippen LogP contribution in [0.4, 0.5) is 0 Å². The van der Waals surface area contributed by atoms with Gasteiger partial charge in [0.25, 0.3) is 0 Å². The molecule has 26 heavy (non-hydrogen) atoms. The normalized spacial score (nSPS) is 15.8. The zero-order valence-electron chi connectivity index (χ0n) is 14.7. The lowest BCUT2D eigenvalue weighted by molar-refractivity contribution is 0.0522. The molecule has 0 saturated heterocycles. The number of nitrogens with two attached hydrogens (primary N) is 1. The number of ether oxygens (including phenoxy) is 2. The van der Waals surface area contributed by atoms with E-state index in [4.69, 9.17) is 15.2 Å². The summed E-state index contributed by atoms with van der Waals surface area (Å²) >= 11 is 3.08. The fourth-order valence-corrected chi connectivity index (χ4v) is 4.57. The predicted octanol–water partition coefficient (Wildman–Crippen LogP) is 4.17. The second-order valence-electron chi connectivity index (χ2n) is 5.65. The molecule has 1 unspecified atom stereocenters. The minimum absolute atomic E-state index is 0.0299. The zero-order valence-corrected chi connectivity index (χ0v) is 16.3. The van der Waals surface area contributed by atoms with Gasteiger partial charge in [-0.05, 0) is 37.8 Å². The van der Waals surface area contributed by atoms with Crippen LogP contribution in [0.1, 0.15) is 38.5 Å². The van der Waals surface area contributed by atoms with Crippen LogP contribution in [-0.4, -0.2) is 18.8 Å². The molecule has 134 valence electrons. The quantitative estimate of drug-likeness (QED) is 0.627. The predicted molar refractivity (Wildman–Crippen MR) is 103 cm³/mol. The highest BCUT2D eigenvalue weighted by atomic mass is 32.2. The van der Waals surface area contributed by atoms with E-state index in [1.54, 1.807) is 18.7 Å². The average molecular weight is 386 g/mol. The number of esters is 1. The zero-order chi connectivity index (χ0) is 18.8. The van der Waals surface area contributed by atoms with Gasteiger partial charge in [-0.25, -0.2) is 4.79 Å². The Bertz CT molecular complexity index is 923. The average Bonchev–Trinajstić information content (AvgIpc) is 2.96. The first-order valence-corrected chi connectivity index (χ1v) is 10.1. The van der Waals surface area contributed by atoms with Crippen LogP contribution in [0.25, 0.3) is 0 Å². The number of nitrogens with zero attached hydrogens (tertiary/aromatic N) is 1. The van der Waals surface area contributed by atoms with Gasteiger partial charge >= 0.3 is 5.97 Å². The number of rotatable bonds is 4. The number of thiophene rings is 1. The molecule has 1 aliphatic rings. The number of allylic oxidation sites excluding steroid dienone is 1. The molecule has 2 aromatic rings. The molecular formula is C19H18N2O3S2. The SMILES string of the molecule is CCOC(=O)c1c(C)sc2c1OC(N)=C(C#N)C2c1ccc(SC)cc1. The van der Waals surface area contributed by atoms with E-state index in [2.05, 4.69) is 6.07 Å². The molecule has 1 aromatic carbocycles. The largest absolute Gasteiger partial charge is 0.462 e. The molecule has 1 aliphatic heterocycles. The van der Waals surface area contributed by atoms with Crippen LogP contribution in [0.15, 0.2) is 40.6 Å². The van der Waals surface area contributed by atoms with Gasteiger partial charge in [-0.1, -0.05) is 12.1 Å². The Kier molecular flexibility index (Phi) is 5.25. The van der Waals surface area contributed by atoms with Gasteiger partial charge in [-0.15, -0.1) is 23.1 Å². The molecule has 0 radical (unpaired) electrons. The van der Waals surface area contributed by atoms with Crippen molar-refractivity contribution in [2.45, 2.75) is 24.7 Å². The fourth-order valence-electron chi connectivity index (χ4n) is 2.95. The van der Waals surface area contributed by atoms with Gasteiger partial charge in [-0.3, -0.25) is 0 Å². The van der Waals surface area contributed by atoms with E-state index in [0.29, 0.717) is 16.9 Å². The summed E-state index contributed by atoms with van der Waals surface area (Å²) in [7, 11) is 0. The van der Waals surface area contributed by atoms with E-state index in [-0.39, 0.29) is 18.4 Å². The number of carbonyl (C=O) groups excluding carboxylic acids is 1. The first-order valence-electron chi connectivity index (χ1n) is 8.03. The summed E-state index contributed by atoms with van der Waals surface area (Å²) in [6, 6.07) is 10.1. The van der Waals surface area contributed by atoms with Crippen molar-refractivity contribution in [3.8, 4) is 11.8 Å². The molecule has 0 bridgehead atoms. The smallest absolute Gasteiger partial charge is 0.343 e. The second kappa shape index (κ2) is 7.44. The molecule has 0 fully saturated rings. The van der Waals surface area contributed by atoms with Crippen LogP contribution in [0.3, 0.4) is 0 Å². The number of carbonyl (C=O) groups is 1. The van der Waals surface area contributed by atoms with Crippen molar-refractivity contribution in [1.82, 2.24) is 0 Å². The Hall–Kier alpha value is -2.43. The molecule has 2 heterocycles. The Balaban J connectivity index is 2.17. The molecule has 0 saturated carbocycles. The minimum Gasteiger partial charge on any atom is -0.462 e. The maximum Gasteiger partial charge on any atom is 0.343 e. The highest BCUT2D eigenvalue weighted by Gasteiger charge is 2.37. The second-order valence-corrected chi connectivity index (χ2v) is 7.78. The summed E-state index contributed by atoms with van der Waals surface area (Å²) in [5.74, 6) is -0.359. The summed E-state index contributed by atoms with van der Waals surface area (Å²) in [5, 5.41) is 9.63. The topological polar surface area (TPSA) is 85.3 Å². The molecule has 2 N–H and O–H groups in total. The van der Waals surface area contributed by atoms with Crippen LogP contribution < -0.4 is 10.5 Å². The van der Waals surface area contributed by atoms with Gasteiger partial charge in [-0.2, -0.15) is 5.26 Å². The molecule has 5 nitrogen and oxygen atoms in total. The third-order valence-corrected chi connectivity index (χ3v) is 6.04. The van der Waals surface area contributed by atoms with Crippen molar-refractivity contribution >= 4 is 29.1 Å². The summed E-state index contributed by atoms with van der Waals surface area (Å²) in [4.78, 5) is 15.1. The highest BCUT2D eigenvalue weighted by Crippen LogP contribution is 2.49. The summed E-state index contributed by atoms with van der Waals surface area (Å²) < 4.78 is 10.8. The van der Waals surface area contributed by atoms with Crippen molar-refractivity contribution in [3.05, 3.63) is 56.6 Å². The van der Waals surface area contributed by atoms with Gasteiger partial charge in [0.15, 0.2) is 5.75 Å². The first-order chi connectivity index (χ1) is 12.5. The Labute approximate surface area is 160 Å². The molecule has 3 rings (SSSR count). The fraction of sp³-hybridized carbons (Fsp3) is 0.263. The molecule has 7 heteroatoms. The number of thioether (sulfide) groups is 1. The highest BCUT2D eigenvalue weighted by molar-refractivity contribution is 7.98. The lowest BCUT2D eigenvalue weighted by atomic mass is 9.88. The Morgan fingerprint density at radius 1 is 1.42 bits per heavy atom. The van der Waals surface area contributed by atoms with Gasteiger partial charge in [0.05, 0.1) is 17.4 Å². The van der Waals surface area contributed by atoms with Crippen molar-refractivity contribution in [2.75, 3.05) is 12.9 Å². The molecule has 1 aromatic heterocycles. The van der Waals surface area contributed by atoms with E-state index in [0.717, 1.165) is 20.2 Å². The Morgan fingerprint density at radius 2 is 2.12 bits per heavy atom. The van der Waals surface area contributed by atoms with Crippen LogP contribution >= 0.6 is 23.1 Å². The summed E-state index contributed by atoms with van der Waals surface area (Å²) in [6.07, 6.45) is 2.01. The minimum atomic E-state index is -0.438. The number of aryl methyl sites for hydroxylation is 1. The van der Waals surface area contributed by atoms with E-state index < -0.39 is 5.97 Å². The van der Waals surface area contributed by atoms with E-state index in [1.165, 1.54) is 11.3 Å². The van der Waals surface area contributed by atoms with E-state index in [1.807, 2.05) is 37.4 Å². The number of benzene rings is 1. The number of hydrogen-bond acceptors (Lipinski definition) is 7. The maximum absolute atomic E-state index is 12.4. The number of fused-ring (bicyclic) bond motifs is 1. The monoisotopic (exact) mass is 386 g/mol. The molecule has 1 atom stereocenters. The molecule has 0 spiro atoms. The van der Waals surface area contributed by atoms with Crippen LogP contribution in [0.2, 0.25) is 0 Å². The van der Waals surface area contributed by atoms with Gasteiger partial charge in [0.1, 0.15) is 17.2 Å². The van der Waals surface area contributed by atoms with E-state index >= 15 is 0 Å². The van der Waals surface area contributed by atoms with Gasteiger partial charge < -0.3 is 15.2 Å². The standard InChI is InChI=1S/C19H18N2O3S2/c1-4-23-19(22)14-10(2)26-17-15(11-5-7-12(25-3)8-6-11)13(9-20)18(21)24-16(14)17/h5-8,15H,4,21H2,1-3H3. The first kappa shape index (κ1) is 18.4. The van der Waals surface area contributed by atoms with E-state index in [9.17, 15) is 10.1 Å². The van der Waals surface area contributed by atoms with Crippen LogP contribution in [-0.2, 0) is 4.74 Å². The number of nitriles is 1. The Morgan fingerprint density at radius 3 is 2.69 bits per heavy atom. The van der Waals surface area contributed by atoms with Crippen molar-refractivity contribution in [3.63, 3.8) is 0 Å². The molecular weight excluding hydrogens is 368 g/mol.